The number of rotatable bonds is 8. The molecule has 0 atom stereocenters. The molecule has 0 aliphatic rings. The van der Waals surface area contributed by atoms with Crippen molar-refractivity contribution in [1.29, 1.82) is 0 Å². The van der Waals surface area contributed by atoms with Crippen LogP contribution in [-0.2, 0) is 11.3 Å². The van der Waals surface area contributed by atoms with Crippen LogP contribution in [0.25, 0.3) is 0 Å². The highest BCUT2D eigenvalue weighted by Crippen LogP contribution is 2.18. The van der Waals surface area contributed by atoms with Crippen molar-refractivity contribution in [2.75, 3.05) is 26.4 Å². The zero-order valence-corrected chi connectivity index (χ0v) is 11.8. The Labute approximate surface area is 108 Å². The Balaban J connectivity index is 2.38. The summed E-state index contributed by atoms with van der Waals surface area (Å²) in [4.78, 5) is 5.15. The second-order valence-corrected chi connectivity index (χ2v) is 5.79. The van der Waals surface area contributed by atoms with Gasteiger partial charge in [-0.05, 0) is 32.9 Å². The van der Waals surface area contributed by atoms with Gasteiger partial charge in [-0.2, -0.15) is 0 Å². The lowest BCUT2D eigenvalue weighted by Gasteiger charge is -2.25. The topological polar surface area (TPSA) is 32.7 Å². The summed E-state index contributed by atoms with van der Waals surface area (Å²) in [5, 5.41) is 8.64. The summed E-state index contributed by atoms with van der Waals surface area (Å²) < 4.78 is 5.32. The molecule has 0 bridgehead atoms. The van der Waals surface area contributed by atoms with Crippen molar-refractivity contribution >= 4 is 11.3 Å². The van der Waals surface area contributed by atoms with Gasteiger partial charge in [-0.25, -0.2) is 0 Å². The maximum Gasteiger partial charge on any atom is 0.0698 e. The summed E-state index contributed by atoms with van der Waals surface area (Å²) in [5.41, 5.74) is 0. The number of nitrogens with zero attached hydrogens (tertiary/aromatic N) is 1. The molecule has 1 aromatic rings. The van der Waals surface area contributed by atoms with Crippen LogP contribution in [0.15, 0.2) is 12.1 Å². The van der Waals surface area contributed by atoms with Crippen molar-refractivity contribution in [2.24, 2.45) is 0 Å². The highest BCUT2D eigenvalue weighted by Gasteiger charge is 2.10. The first-order valence-corrected chi connectivity index (χ1v) is 6.93. The molecular weight excluding hydrogens is 234 g/mol. The Bertz CT molecular complexity index is 312. The molecule has 0 unspecified atom stereocenters. The Hall–Kier alpha value is -0.420. The lowest BCUT2D eigenvalue weighted by molar-refractivity contribution is 0.0649. The summed E-state index contributed by atoms with van der Waals surface area (Å²) in [6, 6.07) is 4.88. The molecule has 0 spiro atoms. The average Bonchev–Trinajstić information content (AvgIpc) is 2.68. The molecule has 0 aromatic carbocycles. The second kappa shape index (κ2) is 7.82. The van der Waals surface area contributed by atoms with Gasteiger partial charge in [0, 0.05) is 28.9 Å². The SMILES string of the molecule is Cc1ccc(CN(CCOCCO)C(C)C)s1. The molecule has 17 heavy (non-hydrogen) atoms. The molecule has 0 amide bonds. The minimum atomic E-state index is 0.103. The molecule has 1 N–H and O–H groups in total. The molecular formula is C13H23NO2S. The largest absolute Gasteiger partial charge is 0.394 e. The normalized spacial score (nSPS) is 11.6. The fourth-order valence-corrected chi connectivity index (χ4v) is 2.55. The van der Waals surface area contributed by atoms with E-state index in [0.717, 1.165) is 13.1 Å². The number of aryl methyl sites for hydroxylation is 1. The zero-order valence-electron chi connectivity index (χ0n) is 11.0. The number of ether oxygens (including phenoxy) is 1. The van der Waals surface area contributed by atoms with Crippen LogP contribution in [0.2, 0.25) is 0 Å². The van der Waals surface area contributed by atoms with E-state index in [1.165, 1.54) is 9.75 Å². The minimum Gasteiger partial charge on any atom is -0.394 e. The van der Waals surface area contributed by atoms with Crippen LogP contribution in [0, 0.1) is 6.92 Å². The lowest BCUT2D eigenvalue weighted by Crippen LogP contribution is -2.33. The van der Waals surface area contributed by atoms with E-state index in [-0.39, 0.29) is 6.61 Å². The molecule has 0 saturated heterocycles. The Kier molecular flexibility index (Phi) is 6.73. The average molecular weight is 257 g/mol. The summed E-state index contributed by atoms with van der Waals surface area (Å²) in [6.45, 7) is 9.66. The summed E-state index contributed by atoms with van der Waals surface area (Å²) in [5.74, 6) is 0. The van der Waals surface area contributed by atoms with E-state index < -0.39 is 0 Å². The van der Waals surface area contributed by atoms with Gasteiger partial charge in [0.1, 0.15) is 0 Å². The van der Waals surface area contributed by atoms with Crippen LogP contribution in [-0.4, -0.2) is 42.4 Å². The quantitative estimate of drug-likeness (QED) is 0.725. The first-order valence-electron chi connectivity index (χ1n) is 6.11. The molecule has 0 fully saturated rings. The highest BCUT2D eigenvalue weighted by atomic mass is 32.1. The van der Waals surface area contributed by atoms with Crippen LogP contribution < -0.4 is 0 Å². The number of aliphatic hydroxyl groups is 1. The highest BCUT2D eigenvalue weighted by molar-refractivity contribution is 7.11. The molecule has 1 rings (SSSR count). The molecule has 0 radical (unpaired) electrons. The first kappa shape index (κ1) is 14.6. The van der Waals surface area contributed by atoms with Gasteiger partial charge in [-0.1, -0.05) is 0 Å². The van der Waals surface area contributed by atoms with E-state index in [1.54, 1.807) is 0 Å². The molecule has 0 aliphatic carbocycles. The molecule has 4 heteroatoms. The van der Waals surface area contributed by atoms with Crippen molar-refractivity contribution in [3.63, 3.8) is 0 Å². The fourth-order valence-electron chi connectivity index (χ4n) is 1.64. The lowest BCUT2D eigenvalue weighted by atomic mass is 10.3. The summed E-state index contributed by atoms with van der Waals surface area (Å²) in [7, 11) is 0. The third-order valence-electron chi connectivity index (χ3n) is 2.64. The number of aliphatic hydroxyl groups excluding tert-OH is 1. The van der Waals surface area contributed by atoms with E-state index in [1.807, 2.05) is 11.3 Å². The summed E-state index contributed by atoms with van der Waals surface area (Å²) in [6.07, 6.45) is 0. The number of thiophene rings is 1. The molecule has 1 heterocycles. The third-order valence-corrected chi connectivity index (χ3v) is 3.63. The molecule has 3 nitrogen and oxygen atoms in total. The molecule has 0 aliphatic heterocycles. The molecule has 1 aromatic heterocycles. The van der Waals surface area contributed by atoms with Gasteiger partial charge < -0.3 is 9.84 Å². The Morgan fingerprint density at radius 1 is 1.35 bits per heavy atom. The van der Waals surface area contributed by atoms with Crippen LogP contribution in [0.3, 0.4) is 0 Å². The minimum absolute atomic E-state index is 0.103. The van der Waals surface area contributed by atoms with Gasteiger partial charge >= 0.3 is 0 Å². The van der Waals surface area contributed by atoms with Crippen molar-refractivity contribution in [2.45, 2.75) is 33.4 Å². The van der Waals surface area contributed by atoms with Gasteiger partial charge in [-0.15, -0.1) is 11.3 Å². The van der Waals surface area contributed by atoms with E-state index in [2.05, 4.69) is 37.8 Å². The van der Waals surface area contributed by atoms with Gasteiger partial charge in [-0.3, -0.25) is 4.90 Å². The second-order valence-electron chi connectivity index (χ2n) is 4.41. The predicted molar refractivity (Wildman–Crippen MR) is 72.5 cm³/mol. The van der Waals surface area contributed by atoms with Crippen LogP contribution in [0.1, 0.15) is 23.6 Å². The Morgan fingerprint density at radius 2 is 2.12 bits per heavy atom. The number of hydrogen-bond donors (Lipinski definition) is 1. The van der Waals surface area contributed by atoms with E-state index in [9.17, 15) is 0 Å². The standard InChI is InChI=1S/C13H23NO2S/c1-11(2)14(6-8-16-9-7-15)10-13-5-4-12(3)17-13/h4-5,11,15H,6-10H2,1-3H3. The van der Waals surface area contributed by atoms with Crippen molar-refractivity contribution < 1.29 is 9.84 Å². The van der Waals surface area contributed by atoms with Crippen molar-refractivity contribution in [1.82, 2.24) is 4.90 Å². The van der Waals surface area contributed by atoms with E-state index in [0.29, 0.717) is 19.3 Å². The fraction of sp³-hybridized carbons (Fsp3) is 0.692. The van der Waals surface area contributed by atoms with Crippen LogP contribution in [0.5, 0.6) is 0 Å². The van der Waals surface area contributed by atoms with Crippen LogP contribution in [0.4, 0.5) is 0 Å². The van der Waals surface area contributed by atoms with Crippen molar-refractivity contribution in [3.8, 4) is 0 Å². The summed E-state index contributed by atoms with van der Waals surface area (Å²) >= 11 is 1.85. The maximum atomic E-state index is 8.64. The third kappa shape index (κ3) is 5.64. The van der Waals surface area contributed by atoms with Gasteiger partial charge in [0.05, 0.1) is 19.8 Å². The van der Waals surface area contributed by atoms with E-state index in [4.69, 9.17) is 9.84 Å². The van der Waals surface area contributed by atoms with Gasteiger partial charge in [0.15, 0.2) is 0 Å². The van der Waals surface area contributed by atoms with Gasteiger partial charge in [0.2, 0.25) is 0 Å². The van der Waals surface area contributed by atoms with Crippen LogP contribution >= 0.6 is 11.3 Å². The van der Waals surface area contributed by atoms with Gasteiger partial charge in [0.25, 0.3) is 0 Å². The molecule has 0 saturated carbocycles. The smallest absolute Gasteiger partial charge is 0.0698 e. The predicted octanol–water partition coefficient (Wildman–Crippen LogP) is 2.28. The maximum absolute atomic E-state index is 8.64. The first-order chi connectivity index (χ1) is 8.13. The van der Waals surface area contributed by atoms with E-state index >= 15 is 0 Å². The molecule has 98 valence electrons. The number of hydrogen-bond acceptors (Lipinski definition) is 4. The zero-order chi connectivity index (χ0) is 12.7. The Morgan fingerprint density at radius 3 is 2.65 bits per heavy atom. The monoisotopic (exact) mass is 257 g/mol. The van der Waals surface area contributed by atoms with Crippen molar-refractivity contribution in [3.05, 3.63) is 21.9 Å².